The lowest BCUT2D eigenvalue weighted by Crippen LogP contribution is -2.46. The third-order valence-corrected chi connectivity index (χ3v) is 4.19. The summed E-state index contributed by atoms with van der Waals surface area (Å²) in [6.45, 7) is 19.7. The lowest BCUT2D eigenvalue weighted by Gasteiger charge is -2.34. The first kappa shape index (κ1) is 20.9. The van der Waals surface area contributed by atoms with Gasteiger partial charge in [0.2, 0.25) is 0 Å². The van der Waals surface area contributed by atoms with Crippen molar-refractivity contribution in [2.24, 2.45) is 0 Å². The molecule has 0 saturated carbocycles. The van der Waals surface area contributed by atoms with E-state index in [0.29, 0.717) is 6.10 Å². The zero-order chi connectivity index (χ0) is 17.1. The largest absolute Gasteiger partial charge is 0.379 e. The molecule has 0 aromatic carbocycles. The second kappa shape index (κ2) is 11.4. The number of hydrogen-bond donors (Lipinski definition) is 0. The minimum absolute atomic E-state index is 0.00579. The highest BCUT2D eigenvalue weighted by Crippen LogP contribution is 2.09. The Morgan fingerprint density at radius 3 is 1.70 bits per heavy atom. The molecular weight excluding hydrogens is 288 g/mol. The van der Waals surface area contributed by atoms with Crippen molar-refractivity contribution >= 4 is 0 Å². The third-order valence-electron chi connectivity index (χ3n) is 4.19. The van der Waals surface area contributed by atoms with Crippen LogP contribution < -0.4 is 0 Å². The van der Waals surface area contributed by atoms with Crippen LogP contribution in [0.15, 0.2) is 0 Å². The Morgan fingerprint density at radius 1 is 0.783 bits per heavy atom. The molecule has 1 aliphatic heterocycles. The molecular formula is C19H40N2O2. The van der Waals surface area contributed by atoms with Crippen LogP contribution in [0, 0.1) is 0 Å². The maximum Gasteiger partial charge on any atom is 0.0598 e. The number of ether oxygens (including phenoxy) is 2. The SMILES string of the molecule is CC(C)OCCCCN1CCN(CCCCOC(C)(C)C)CC1. The smallest absolute Gasteiger partial charge is 0.0598 e. The maximum atomic E-state index is 5.78. The van der Waals surface area contributed by atoms with Crippen LogP contribution in [0.2, 0.25) is 0 Å². The summed E-state index contributed by atoms with van der Waals surface area (Å²) in [6.07, 6.45) is 5.24. The fourth-order valence-corrected chi connectivity index (χ4v) is 2.81. The molecule has 1 aliphatic rings. The molecule has 1 fully saturated rings. The van der Waals surface area contributed by atoms with Gasteiger partial charge < -0.3 is 19.3 Å². The van der Waals surface area contributed by atoms with E-state index in [-0.39, 0.29) is 5.60 Å². The summed E-state index contributed by atoms with van der Waals surface area (Å²) in [7, 11) is 0. The van der Waals surface area contributed by atoms with E-state index in [1.54, 1.807) is 0 Å². The molecule has 0 aliphatic carbocycles. The van der Waals surface area contributed by atoms with Gasteiger partial charge in [-0.3, -0.25) is 0 Å². The molecule has 0 N–H and O–H groups in total. The number of nitrogens with zero attached hydrogens (tertiary/aromatic N) is 2. The maximum absolute atomic E-state index is 5.78. The van der Waals surface area contributed by atoms with Gasteiger partial charge in [0.1, 0.15) is 0 Å². The van der Waals surface area contributed by atoms with Crippen molar-refractivity contribution < 1.29 is 9.47 Å². The van der Waals surface area contributed by atoms with Crippen LogP contribution in [-0.4, -0.2) is 74.0 Å². The molecule has 0 amide bonds. The molecule has 1 heterocycles. The first-order valence-electron chi connectivity index (χ1n) is 9.57. The average molecular weight is 329 g/mol. The third kappa shape index (κ3) is 11.9. The monoisotopic (exact) mass is 328 g/mol. The zero-order valence-corrected chi connectivity index (χ0v) is 16.3. The summed E-state index contributed by atoms with van der Waals surface area (Å²) < 4.78 is 11.4. The van der Waals surface area contributed by atoms with Gasteiger partial charge in [-0.05, 0) is 73.4 Å². The number of rotatable bonds is 11. The summed E-state index contributed by atoms with van der Waals surface area (Å²) >= 11 is 0. The van der Waals surface area contributed by atoms with E-state index < -0.39 is 0 Å². The minimum Gasteiger partial charge on any atom is -0.379 e. The fraction of sp³-hybridized carbons (Fsp3) is 1.00. The highest BCUT2D eigenvalue weighted by Gasteiger charge is 2.16. The first-order valence-corrected chi connectivity index (χ1v) is 9.57. The van der Waals surface area contributed by atoms with E-state index in [1.165, 1.54) is 65.0 Å². The van der Waals surface area contributed by atoms with E-state index in [2.05, 4.69) is 44.4 Å². The Hall–Kier alpha value is -0.160. The standard InChI is InChI=1S/C19H40N2O2/c1-18(2)22-16-8-6-10-20-12-14-21(15-13-20)11-7-9-17-23-19(3,4)5/h18H,6-17H2,1-5H3. The van der Waals surface area contributed by atoms with E-state index in [0.717, 1.165) is 13.2 Å². The Bertz CT molecular complexity index is 282. The summed E-state index contributed by atoms with van der Waals surface area (Å²) in [5.41, 5.74) is 0.00579. The van der Waals surface area contributed by atoms with E-state index >= 15 is 0 Å². The van der Waals surface area contributed by atoms with E-state index in [4.69, 9.17) is 9.47 Å². The Kier molecular flexibility index (Phi) is 10.4. The molecule has 0 spiro atoms. The van der Waals surface area contributed by atoms with Crippen LogP contribution in [-0.2, 0) is 9.47 Å². The van der Waals surface area contributed by atoms with Crippen molar-refractivity contribution in [2.75, 3.05) is 52.5 Å². The second-order valence-electron chi connectivity index (χ2n) is 7.98. The van der Waals surface area contributed by atoms with Gasteiger partial charge in [0, 0.05) is 39.4 Å². The van der Waals surface area contributed by atoms with Gasteiger partial charge in [-0.25, -0.2) is 0 Å². The summed E-state index contributed by atoms with van der Waals surface area (Å²) in [4.78, 5) is 5.21. The van der Waals surface area contributed by atoms with Crippen LogP contribution in [0.1, 0.15) is 60.3 Å². The zero-order valence-electron chi connectivity index (χ0n) is 16.3. The predicted octanol–water partition coefficient (Wildman–Crippen LogP) is 3.40. The fourth-order valence-electron chi connectivity index (χ4n) is 2.81. The van der Waals surface area contributed by atoms with Gasteiger partial charge in [0.15, 0.2) is 0 Å². The quantitative estimate of drug-likeness (QED) is 0.543. The van der Waals surface area contributed by atoms with E-state index in [1.807, 2.05) is 0 Å². The lowest BCUT2D eigenvalue weighted by molar-refractivity contribution is -0.00569. The molecule has 0 unspecified atom stereocenters. The van der Waals surface area contributed by atoms with Gasteiger partial charge in [-0.1, -0.05) is 0 Å². The van der Waals surface area contributed by atoms with Crippen molar-refractivity contribution in [1.29, 1.82) is 0 Å². The molecule has 0 atom stereocenters. The van der Waals surface area contributed by atoms with Gasteiger partial charge >= 0.3 is 0 Å². The summed E-state index contributed by atoms with van der Waals surface area (Å²) in [5, 5.41) is 0. The molecule has 0 bridgehead atoms. The van der Waals surface area contributed by atoms with Gasteiger partial charge in [-0.2, -0.15) is 0 Å². The molecule has 4 nitrogen and oxygen atoms in total. The van der Waals surface area contributed by atoms with Crippen LogP contribution in [0.25, 0.3) is 0 Å². The van der Waals surface area contributed by atoms with Crippen LogP contribution in [0.4, 0.5) is 0 Å². The van der Waals surface area contributed by atoms with Crippen molar-refractivity contribution in [3.63, 3.8) is 0 Å². The molecule has 0 aromatic heterocycles. The molecule has 138 valence electrons. The van der Waals surface area contributed by atoms with Gasteiger partial charge in [0.05, 0.1) is 11.7 Å². The molecule has 4 heteroatoms. The van der Waals surface area contributed by atoms with Crippen molar-refractivity contribution in [2.45, 2.75) is 72.0 Å². The summed E-state index contributed by atoms with van der Waals surface area (Å²) in [6, 6.07) is 0. The highest BCUT2D eigenvalue weighted by atomic mass is 16.5. The predicted molar refractivity (Wildman–Crippen MR) is 98.1 cm³/mol. The molecule has 23 heavy (non-hydrogen) atoms. The molecule has 1 saturated heterocycles. The van der Waals surface area contributed by atoms with Crippen LogP contribution in [0.5, 0.6) is 0 Å². The summed E-state index contributed by atoms with van der Waals surface area (Å²) in [5.74, 6) is 0. The number of piperazine rings is 1. The van der Waals surface area contributed by atoms with Gasteiger partial charge in [0.25, 0.3) is 0 Å². The van der Waals surface area contributed by atoms with Crippen LogP contribution in [0.3, 0.4) is 0 Å². The van der Waals surface area contributed by atoms with Gasteiger partial charge in [-0.15, -0.1) is 0 Å². The Labute approximate surface area is 144 Å². The number of unbranched alkanes of at least 4 members (excludes halogenated alkanes) is 2. The average Bonchev–Trinajstić information content (AvgIpc) is 2.46. The number of hydrogen-bond acceptors (Lipinski definition) is 4. The normalized spacial score (nSPS) is 18.0. The van der Waals surface area contributed by atoms with Crippen molar-refractivity contribution in [3.8, 4) is 0 Å². The van der Waals surface area contributed by atoms with E-state index in [9.17, 15) is 0 Å². The lowest BCUT2D eigenvalue weighted by atomic mass is 10.2. The molecule has 1 rings (SSSR count). The minimum atomic E-state index is 0.00579. The Morgan fingerprint density at radius 2 is 1.26 bits per heavy atom. The second-order valence-corrected chi connectivity index (χ2v) is 7.98. The first-order chi connectivity index (χ1) is 10.9. The molecule has 0 aromatic rings. The Balaban J connectivity index is 1.94. The topological polar surface area (TPSA) is 24.9 Å². The molecule has 0 radical (unpaired) electrons. The highest BCUT2D eigenvalue weighted by molar-refractivity contribution is 4.72. The van der Waals surface area contributed by atoms with Crippen LogP contribution >= 0.6 is 0 Å². The van der Waals surface area contributed by atoms with Crippen molar-refractivity contribution in [1.82, 2.24) is 9.80 Å². The van der Waals surface area contributed by atoms with Crippen molar-refractivity contribution in [3.05, 3.63) is 0 Å².